The Morgan fingerprint density at radius 2 is 2.56 bits per heavy atom. The molecule has 3 heteroatoms. The molecule has 9 heavy (non-hydrogen) atoms. The van der Waals surface area contributed by atoms with Gasteiger partial charge in [0.2, 0.25) is 5.91 Å². The normalized spacial score (nSPS) is 24.8. The summed E-state index contributed by atoms with van der Waals surface area (Å²) in [6.07, 6.45) is 1.37. The van der Waals surface area contributed by atoms with Crippen molar-refractivity contribution >= 4 is 5.91 Å². The molecule has 0 aliphatic carbocycles. The highest BCUT2D eigenvalue weighted by molar-refractivity contribution is 5.72. The van der Waals surface area contributed by atoms with E-state index in [1.165, 1.54) is 6.92 Å². The zero-order valence-corrected chi connectivity index (χ0v) is 5.52. The number of amides is 1. The largest absolute Gasteiger partial charge is 0.376 e. The van der Waals surface area contributed by atoms with Crippen LogP contribution < -0.4 is 5.32 Å². The number of ether oxygens (including phenoxy) is 1. The molecule has 0 aromatic heterocycles. The Morgan fingerprint density at radius 1 is 1.89 bits per heavy atom. The van der Waals surface area contributed by atoms with Gasteiger partial charge in [0, 0.05) is 20.1 Å². The Bertz CT molecular complexity index is 110. The minimum absolute atomic E-state index is 0.0190. The highest BCUT2D eigenvalue weighted by Gasteiger charge is 2.17. The van der Waals surface area contributed by atoms with Crippen LogP contribution in [0.3, 0.4) is 0 Å². The molecule has 0 bridgehead atoms. The number of carbonyl (C=O) groups excluding carboxylic acids is 1. The molecule has 1 aliphatic rings. The summed E-state index contributed by atoms with van der Waals surface area (Å²) < 4.78 is 5.07. The van der Waals surface area contributed by atoms with E-state index >= 15 is 0 Å². The van der Waals surface area contributed by atoms with E-state index < -0.39 is 0 Å². The van der Waals surface area contributed by atoms with Crippen LogP contribution in [0.25, 0.3) is 0 Å². The maximum atomic E-state index is 10.3. The Balaban J connectivity index is 1.97. The molecular weight excluding hydrogens is 118 g/mol. The van der Waals surface area contributed by atoms with Crippen molar-refractivity contribution in [3.05, 3.63) is 0 Å². The highest BCUT2D eigenvalue weighted by atomic mass is 16.5. The third kappa shape index (κ3) is 2.01. The van der Waals surface area contributed by atoms with Crippen LogP contribution in [-0.4, -0.2) is 25.2 Å². The predicted molar refractivity (Wildman–Crippen MR) is 33.0 cm³/mol. The third-order valence-electron chi connectivity index (χ3n) is 1.37. The van der Waals surface area contributed by atoms with Crippen molar-refractivity contribution in [2.75, 3.05) is 13.2 Å². The van der Waals surface area contributed by atoms with Gasteiger partial charge in [0.1, 0.15) is 0 Å². The molecule has 1 rings (SSSR count). The zero-order chi connectivity index (χ0) is 6.69. The minimum atomic E-state index is 0.0190. The SMILES string of the molecule is CC(=O)NC[C@H]1CCO1. The molecule has 1 atom stereocenters. The smallest absolute Gasteiger partial charge is 0.216 e. The van der Waals surface area contributed by atoms with Crippen LogP contribution in [0.1, 0.15) is 13.3 Å². The van der Waals surface area contributed by atoms with Crippen LogP contribution in [0.4, 0.5) is 0 Å². The van der Waals surface area contributed by atoms with Crippen molar-refractivity contribution in [1.29, 1.82) is 0 Å². The summed E-state index contributed by atoms with van der Waals surface area (Å²) in [5, 5.41) is 2.68. The maximum Gasteiger partial charge on any atom is 0.216 e. The molecule has 0 radical (unpaired) electrons. The van der Waals surface area contributed by atoms with E-state index in [-0.39, 0.29) is 12.0 Å². The number of carbonyl (C=O) groups is 1. The molecule has 1 N–H and O–H groups in total. The van der Waals surface area contributed by atoms with Crippen LogP contribution in [-0.2, 0) is 9.53 Å². The number of rotatable bonds is 2. The van der Waals surface area contributed by atoms with Crippen molar-refractivity contribution < 1.29 is 9.53 Å². The zero-order valence-electron chi connectivity index (χ0n) is 5.52. The molecule has 1 heterocycles. The topological polar surface area (TPSA) is 38.3 Å². The Kier molecular flexibility index (Phi) is 2.05. The second-order valence-electron chi connectivity index (χ2n) is 2.22. The van der Waals surface area contributed by atoms with E-state index in [0.29, 0.717) is 6.54 Å². The molecule has 0 spiro atoms. The fraction of sp³-hybridized carbons (Fsp3) is 0.833. The Morgan fingerprint density at radius 3 is 2.89 bits per heavy atom. The van der Waals surface area contributed by atoms with E-state index in [1.54, 1.807) is 0 Å². The molecule has 0 aromatic carbocycles. The molecule has 1 fully saturated rings. The maximum absolute atomic E-state index is 10.3. The summed E-state index contributed by atoms with van der Waals surface area (Å²) in [7, 11) is 0. The fourth-order valence-corrected chi connectivity index (χ4v) is 0.703. The van der Waals surface area contributed by atoms with E-state index in [9.17, 15) is 4.79 Å². The Hall–Kier alpha value is -0.570. The van der Waals surface area contributed by atoms with Crippen LogP contribution in [0.15, 0.2) is 0 Å². The molecule has 0 aromatic rings. The van der Waals surface area contributed by atoms with Crippen molar-refractivity contribution in [2.45, 2.75) is 19.4 Å². The first-order valence-corrected chi connectivity index (χ1v) is 3.15. The van der Waals surface area contributed by atoms with E-state index in [4.69, 9.17) is 4.74 Å². The summed E-state index contributed by atoms with van der Waals surface area (Å²) in [6, 6.07) is 0. The van der Waals surface area contributed by atoms with E-state index in [1.807, 2.05) is 0 Å². The molecule has 1 aliphatic heterocycles. The van der Waals surface area contributed by atoms with Crippen LogP contribution in [0, 0.1) is 0 Å². The summed E-state index contributed by atoms with van der Waals surface area (Å²) in [6.45, 7) is 3.04. The average Bonchev–Trinajstić information content (AvgIpc) is 1.60. The predicted octanol–water partition coefficient (Wildman–Crippen LogP) is -0.0886. The minimum Gasteiger partial charge on any atom is -0.376 e. The molecule has 0 unspecified atom stereocenters. The third-order valence-corrected chi connectivity index (χ3v) is 1.37. The number of hydrogen-bond acceptors (Lipinski definition) is 2. The van der Waals surface area contributed by atoms with Crippen molar-refractivity contribution in [3.63, 3.8) is 0 Å². The van der Waals surface area contributed by atoms with Crippen molar-refractivity contribution in [3.8, 4) is 0 Å². The van der Waals surface area contributed by atoms with Gasteiger partial charge in [0.25, 0.3) is 0 Å². The van der Waals surface area contributed by atoms with Crippen molar-refractivity contribution in [1.82, 2.24) is 5.32 Å². The lowest BCUT2D eigenvalue weighted by Gasteiger charge is -2.26. The molecule has 1 saturated heterocycles. The van der Waals surface area contributed by atoms with Gasteiger partial charge < -0.3 is 10.1 Å². The quantitative estimate of drug-likeness (QED) is 0.566. The molecule has 1 amide bonds. The second kappa shape index (κ2) is 2.82. The lowest BCUT2D eigenvalue weighted by atomic mass is 10.2. The lowest BCUT2D eigenvalue weighted by molar-refractivity contribution is -0.121. The summed E-state index contributed by atoms with van der Waals surface area (Å²) in [5.74, 6) is 0.0190. The molecule has 52 valence electrons. The Labute approximate surface area is 54.4 Å². The molecule has 3 nitrogen and oxygen atoms in total. The number of nitrogens with one attached hydrogen (secondary N) is 1. The monoisotopic (exact) mass is 129 g/mol. The van der Waals surface area contributed by atoms with E-state index in [0.717, 1.165) is 13.0 Å². The van der Waals surface area contributed by atoms with Crippen LogP contribution in [0.2, 0.25) is 0 Å². The van der Waals surface area contributed by atoms with Gasteiger partial charge in [-0.05, 0) is 6.42 Å². The molecular formula is C6H11NO2. The standard InChI is InChI=1S/C6H11NO2/c1-5(8)7-4-6-2-3-9-6/h6H,2-4H2,1H3,(H,7,8)/t6-/m1/s1. The van der Waals surface area contributed by atoms with Gasteiger partial charge in [-0.2, -0.15) is 0 Å². The van der Waals surface area contributed by atoms with Gasteiger partial charge in [-0.1, -0.05) is 0 Å². The van der Waals surface area contributed by atoms with Gasteiger partial charge in [0.05, 0.1) is 6.10 Å². The second-order valence-corrected chi connectivity index (χ2v) is 2.22. The van der Waals surface area contributed by atoms with Gasteiger partial charge in [0.15, 0.2) is 0 Å². The highest BCUT2D eigenvalue weighted by Crippen LogP contribution is 2.08. The fourth-order valence-electron chi connectivity index (χ4n) is 0.703. The van der Waals surface area contributed by atoms with Gasteiger partial charge in [-0.15, -0.1) is 0 Å². The summed E-state index contributed by atoms with van der Waals surface area (Å²) in [5.41, 5.74) is 0. The van der Waals surface area contributed by atoms with Gasteiger partial charge in [-0.3, -0.25) is 4.79 Å². The first kappa shape index (κ1) is 6.55. The first-order chi connectivity index (χ1) is 4.29. The molecule has 0 saturated carbocycles. The summed E-state index contributed by atoms with van der Waals surface area (Å²) in [4.78, 5) is 10.3. The van der Waals surface area contributed by atoms with E-state index in [2.05, 4.69) is 5.32 Å². The number of hydrogen-bond donors (Lipinski definition) is 1. The van der Waals surface area contributed by atoms with Crippen LogP contribution >= 0.6 is 0 Å². The van der Waals surface area contributed by atoms with Gasteiger partial charge >= 0.3 is 0 Å². The first-order valence-electron chi connectivity index (χ1n) is 3.15. The van der Waals surface area contributed by atoms with Gasteiger partial charge in [-0.25, -0.2) is 0 Å². The average molecular weight is 129 g/mol. The van der Waals surface area contributed by atoms with Crippen molar-refractivity contribution in [2.24, 2.45) is 0 Å². The van der Waals surface area contributed by atoms with Crippen LogP contribution in [0.5, 0.6) is 0 Å². The lowest BCUT2D eigenvalue weighted by Crippen LogP contribution is -2.38. The summed E-state index contributed by atoms with van der Waals surface area (Å²) >= 11 is 0.